The van der Waals surface area contributed by atoms with Crippen LogP contribution in [0.3, 0.4) is 0 Å². The van der Waals surface area contributed by atoms with Gasteiger partial charge in [-0.15, -0.1) is 0 Å². The van der Waals surface area contributed by atoms with E-state index in [4.69, 9.17) is 18.6 Å². The van der Waals surface area contributed by atoms with E-state index >= 15 is 0 Å². The van der Waals surface area contributed by atoms with Crippen molar-refractivity contribution < 1.29 is 23.4 Å². The predicted octanol–water partition coefficient (Wildman–Crippen LogP) is 4.01. The first-order valence-corrected chi connectivity index (χ1v) is 12.6. The fourth-order valence-electron chi connectivity index (χ4n) is 4.02. The minimum Gasteiger partial charge on any atom is -0.459 e. The molecule has 0 bridgehead atoms. The average molecular weight is 371 g/mol. The lowest BCUT2D eigenvalue weighted by molar-refractivity contribution is -0.203. The lowest BCUT2D eigenvalue weighted by Crippen LogP contribution is -2.49. The number of hydrogen-bond donors (Lipinski definition) is 0. The van der Waals surface area contributed by atoms with Gasteiger partial charge in [-0.1, -0.05) is 20.8 Å². The third-order valence-corrected chi connectivity index (χ3v) is 11.1. The van der Waals surface area contributed by atoms with Crippen LogP contribution in [0.15, 0.2) is 0 Å². The zero-order valence-corrected chi connectivity index (χ0v) is 17.6. The molecule has 0 aromatic heterocycles. The summed E-state index contributed by atoms with van der Waals surface area (Å²) >= 11 is 0. The van der Waals surface area contributed by atoms with Gasteiger partial charge in [0.2, 0.25) is 0 Å². The van der Waals surface area contributed by atoms with Crippen LogP contribution < -0.4 is 0 Å². The number of fused-ring (bicyclic) bond motifs is 1. The number of hydrogen-bond acceptors (Lipinski definition) is 5. The SMILES string of the molecule is CC(C)(C)[Si](C)(C)O[C@H]1[C@H]2CC(=O)O[C@@]2(C)C[C@H]1OC1CCCCO1. The summed E-state index contributed by atoms with van der Waals surface area (Å²) in [6.45, 7) is 14.0. The Balaban J connectivity index is 1.79. The maximum absolute atomic E-state index is 11.9. The van der Waals surface area contributed by atoms with E-state index in [1.165, 1.54) is 0 Å². The van der Waals surface area contributed by atoms with Crippen LogP contribution in [-0.2, 0) is 23.4 Å². The summed E-state index contributed by atoms with van der Waals surface area (Å²) in [5, 5.41) is 0.112. The highest BCUT2D eigenvalue weighted by atomic mass is 28.4. The van der Waals surface area contributed by atoms with E-state index in [0.717, 1.165) is 25.9 Å². The molecule has 0 amide bonds. The first kappa shape index (κ1) is 19.3. The Hall–Kier alpha value is -0.433. The van der Waals surface area contributed by atoms with Gasteiger partial charge in [-0.05, 0) is 44.3 Å². The van der Waals surface area contributed by atoms with Crippen LogP contribution >= 0.6 is 0 Å². The fraction of sp³-hybridized carbons (Fsp3) is 0.947. The summed E-state index contributed by atoms with van der Waals surface area (Å²) in [4.78, 5) is 11.9. The van der Waals surface area contributed by atoms with Crippen molar-refractivity contribution in [2.75, 3.05) is 6.61 Å². The van der Waals surface area contributed by atoms with E-state index in [1.807, 2.05) is 6.92 Å². The van der Waals surface area contributed by atoms with Gasteiger partial charge in [-0.2, -0.15) is 0 Å². The Labute approximate surface area is 152 Å². The molecule has 2 heterocycles. The van der Waals surface area contributed by atoms with Gasteiger partial charge >= 0.3 is 5.97 Å². The van der Waals surface area contributed by atoms with Crippen molar-refractivity contribution >= 4 is 14.3 Å². The average Bonchev–Trinajstić information content (AvgIpc) is 2.89. The highest BCUT2D eigenvalue weighted by Gasteiger charge is 2.61. The van der Waals surface area contributed by atoms with Crippen LogP contribution in [0.25, 0.3) is 0 Å². The second-order valence-electron chi connectivity index (χ2n) is 9.61. The first-order chi connectivity index (χ1) is 11.5. The molecule has 25 heavy (non-hydrogen) atoms. The van der Waals surface area contributed by atoms with Crippen LogP contribution in [0.4, 0.5) is 0 Å². The Kier molecular flexibility index (Phi) is 5.12. The molecule has 5 nitrogen and oxygen atoms in total. The standard InChI is InChI=1S/C19H34O5Si/c1-18(2,3)25(5,6)24-17-13-11-15(20)23-19(13,4)12-14(17)22-16-9-7-8-10-21-16/h13-14,16-17H,7-12H2,1-6H3/t13-,14-,16?,17+,19+/m1/s1. The van der Waals surface area contributed by atoms with Crippen molar-refractivity contribution in [2.45, 2.75) is 102 Å². The molecule has 3 fully saturated rings. The number of carbonyl (C=O) groups is 1. The summed E-state index contributed by atoms with van der Waals surface area (Å²) in [7, 11) is -1.98. The zero-order chi connectivity index (χ0) is 18.5. The van der Waals surface area contributed by atoms with Gasteiger partial charge in [0.25, 0.3) is 0 Å². The molecule has 0 radical (unpaired) electrons. The maximum Gasteiger partial charge on any atom is 0.306 e. The quantitative estimate of drug-likeness (QED) is 0.553. The van der Waals surface area contributed by atoms with Gasteiger partial charge in [0, 0.05) is 18.9 Å². The van der Waals surface area contributed by atoms with Crippen molar-refractivity contribution in [3.8, 4) is 0 Å². The zero-order valence-electron chi connectivity index (χ0n) is 16.6. The number of ether oxygens (including phenoxy) is 3. The molecule has 2 saturated heterocycles. The Morgan fingerprint density at radius 1 is 1.24 bits per heavy atom. The summed E-state index contributed by atoms with van der Waals surface area (Å²) < 4.78 is 24.6. The highest BCUT2D eigenvalue weighted by Crippen LogP contribution is 2.51. The molecule has 1 aliphatic carbocycles. The number of esters is 1. The van der Waals surface area contributed by atoms with Crippen LogP contribution in [0, 0.1) is 5.92 Å². The number of rotatable bonds is 4. The lowest BCUT2D eigenvalue weighted by Gasteiger charge is -2.41. The van der Waals surface area contributed by atoms with E-state index in [0.29, 0.717) is 12.8 Å². The molecule has 0 aromatic carbocycles. The summed E-state index contributed by atoms with van der Waals surface area (Å²) in [5.41, 5.74) is -0.469. The van der Waals surface area contributed by atoms with Gasteiger partial charge in [0.15, 0.2) is 14.6 Å². The fourth-order valence-corrected chi connectivity index (χ4v) is 5.37. The molecule has 144 valence electrons. The molecule has 3 aliphatic rings. The predicted molar refractivity (Wildman–Crippen MR) is 97.8 cm³/mol. The topological polar surface area (TPSA) is 54.0 Å². The van der Waals surface area contributed by atoms with Crippen molar-refractivity contribution in [3.63, 3.8) is 0 Å². The molecule has 0 N–H and O–H groups in total. The van der Waals surface area contributed by atoms with E-state index in [9.17, 15) is 4.79 Å². The van der Waals surface area contributed by atoms with Gasteiger partial charge in [0.1, 0.15) is 5.60 Å². The van der Waals surface area contributed by atoms with Crippen molar-refractivity contribution in [1.82, 2.24) is 0 Å². The molecule has 1 unspecified atom stereocenters. The lowest BCUT2D eigenvalue weighted by atomic mass is 9.92. The van der Waals surface area contributed by atoms with Crippen LogP contribution in [-0.4, -0.2) is 45.0 Å². The largest absolute Gasteiger partial charge is 0.459 e. The third-order valence-electron chi connectivity index (χ3n) is 6.59. The second kappa shape index (κ2) is 6.62. The molecule has 0 aromatic rings. The minimum atomic E-state index is -1.98. The summed E-state index contributed by atoms with van der Waals surface area (Å²) in [6, 6.07) is 0. The Bertz CT molecular complexity index is 508. The molecule has 5 atom stereocenters. The molecule has 6 heteroatoms. The Morgan fingerprint density at radius 2 is 1.96 bits per heavy atom. The minimum absolute atomic E-state index is 0.0691. The van der Waals surface area contributed by atoms with Gasteiger partial charge < -0.3 is 18.6 Å². The van der Waals surface area contributed by atoms with E-state index in [-0.39, 0.29) is 35.4 Å². The highest BCUT2D eigenvalue weighted by molar-refractivity contribution is 6.74. The van der Waals surface area contributed by atoms with E-state index in [1.54, 1.807) is 0 Å². The van der Waals surface area contributed by atoms with E-state index in [2.05, 4.69) is 33.9 Å². The molecule has 3 rings (SSSR count). The van der Waals surface area contributed by atoms with Crippen LogP contribution in [0.5, 0.6) is 0 Å². The maximum atomic E-state index is 11.9. The van der Waals surface area contributed by atoms with Gasteiger partial charge in [-0.25, -0.2) is 0 Å². The molecule has 1 saturated carbocycles. The monoisotopic (exact) mass is 370 g/mol. The van der Waals surface area contributed by atoms with Crippen molar-refractivity contribution in [1.29, 1.82) is 0 Å². The smallest absolute Gasteiger partial charge is 0.306 e. The summed E-state index contributed by atoms with van der Waals surface area (Å²) in [5.74, 6) is -0.0357. The van der Waals surface area contributed by atoms with Crippen LogP contribution in [0.1, 0.15) is 59.8 Å². The van der Waals surface area contributed by atoms with Crippen LogP contribution in [0.2, 0.25) is 18.1 Å². The Morgan fingerprint density at radius 3 is 2.56 bits per heavy atom. The van der Waals surface area contributed by atoms with Gasteiger partial charge in [0.05, 0.1) is 18.6 Å². The van der Waals surface area contributed by atoms with Crippen molar-refractivity contribution in [2.24, 2.45) is 5.92 Å². The second-order valence-corrected chi connectivity index (χ2v) is 14.4. The van der Waals surface area contributed by atoms with Crippen molar-refractivity contribution in [3.05, 3.63) is 0 Å². The number of carbonyl (C=O) groups excluding carboxylic acids is 1. The molecular formula is C19H34O5Si. The molecular weight excluding hydrogens is 336 g/mol. The summed E-state index contributed by atoms with van der Waals surface area (Å²) in [6.07, 6.45) is 3.99. The molecule has 0 spiro atoms. The van der Waals surface area contributed by atoms with E-state index < -0.39 is 13.9 Å². The van der Waals surface area contributed by atoms with Gasteiger partial charge in [-0.3, -0.25) is 4.79 Å². The normalized spacial score (nSPS) is 39.4. The molecule has 2 aliphatic heterocycles. The third kappa shape index (κ3) is 3.82. The first-order valence-electron chi connectivity index (χ1n) is 9.69.